The fraction of sp³-hybridized carbons (Fsp3) is 0.278. The number of amides is 1. The van der Waals surface area contributed by atoms with Crippen LogP contribution in [0.3, 0.4) is 0 Å². The maximum atomic E-state index is 12.5. The van der Waals surface area contributed by atoms with Gasteiger partial charge in [-0.2, -0.15) is 0 Å². The van der Waals surface area contributed by atoms with E-state index in [1.54, 1.807) is 18.2 Å². The maximum Gasteiger partial charge on any atom is 0.305 e. The molecule has 1 heterocycles. The first-order valence-electron chi connectivity index (χ1n) is 7.53. The van der Waals surface area contributed by atoms with Crippen molar-refractivity contribution in [3.05, 3.63) is 34.7 Å². The number of thiocarbonyl (C=S) groups is 1. The summed E-state index contributed by atoms with van der Waals surface area (Å²) in [7, 11) is 1.34. The molecule has 0 spiro atoms. The van der Waals surface area contributed by atoms with E-state index in [1.807, 2.05) is 12.1 Å². The summed E-state index contributed by atoms with van der Waals surface area (Å²) in [4.78, 5) is 25.7. The van der Waals surface area contributed by atoms with Gasteiger partial charge in [-0.25, -0.2) is 0 Å². The second kappa shape index (κ2) is 9.25. The Kier molecular flexibility index (Phi) is 7.04. The van der Waals surface area contributed by atoms with Crippen molar-refractivity contribution in [2.24, 2.45) is 0 Å². The van der Waals surface area contributed by atoms with Gasteiger partial charge in [-0.05, 0) is 30.2 Å². The first-order chi connectivity index (χ1) is 12.0. The number of rotatable bonds is 7. The molecule has 0 radical (unpaired) electrons. The number of hydrogen-bond donors (Lipinski definition) is 0. The third-order valence-electron chi connectivity index (χ3n) is 3.36. The van der Waals surface area contributed by atoms with Gasteiger partial charge in [0, 0.05) is 13.0 Å². The smallest absolute Gasteiger partial charge is 0.305 e. The molecule has 7 heteroatoms. The van der Waals surface area contributed by atoms with E-state index in [0.29, 0.717) is 27.9 Å². The van der Waals surface area contributed by atoms with Gasteiger partial charge in [-0.1, -0.05) is 42.0 Å². The quantitative estimate of drug-likeness (QED) is 0.316. The Labute approximate surface area is 156 Å². The summed E-state index contributed by atoms with van der Waals surface area (Å²) in [6.07, 6.45) is 7.69. The Morgan fingerprint density at radius 2 is 2.12 bits per heavy atom. The number of thioether (sulfide) groups is 1. The first-order valence-corrected chi connectivity index (χ1v) is 8.76. The van der Waals surface area contributed by atoms with E-state index >= 15 is 0 Å². The van der Waals surface area contributed by atoms with Crippen LogP contribution in [0.25, 0.3) is 6.08 Å². The molecule has 0 bridgehead atoms. The van der Waals surface area contributed by atoms with Crippen LogP contribution < -0.4 is 4.74 Å². The molecule has 0 aliphatic carbocycles. The number of carbonyl (C=O) groups is 2. The van der Waals surface area contributed by atoms with Gasteiger partial charge in [0.05, 0.1) is 12.0 Å². The molecule has 130 valence electrons. The first kappa shape index (κ1) is 19.0. The van der Waals surface area contributed by atoms with Crippen LogP contribution in [-0.2, 0) is 14.3 Å². The largest absolute Gasteiger partial charge is 0.481 e. The lowest BCUT2D eigenvalue weighted by Crippen LogP contribution is -2.29. The van der Waals surface area contributed by atoms with Crippen molar-refractivity contribution >= 4 is 46.3 Å². The van der Waals surface area contributed by atoms with Gasteiger partial charge in [0.25, 0.3) is 5.91 Å². The van der Waals surface area contributed by atoms with Crippen molar-refractivity contribution in [1.82, 2.24) is 4.90 Å². The average molecular weight is 375 g/mol. The van der Waals surface area contributed by atoms with E-state index in [2.05, 4.69) is 10.7 Å². The third kappa shape index (κ3) is 5.34. The van der Waals surface area contributed by atoms with Crippen LogP contribution in [0.5, 0.6) is 5.75 Å². The Morgan fingerprint density at radius 3 is 2.76 bits per heavy atom. The van der Waals surface area contributed by atoms with Crippen LogP contribution in [0.1, 0.15) is 18.4 Å². The molecule has 2 rings (SSSR count). The van der Waals surface area contributed by atoms with Crippen LogP contribution in [0.15, 0.2) is 29.2 Å². The Hall–Kier alpha value is -2.30. The lowest BCUT2D eigenvalue weighted by atomic mass is 10.2. The van der Waals surface area contributed by atoms with Crippen molar-refractivity contribution in [2.45, 2.75) is 12.8 Å². The molecule has 25 heavy (non-hydrogen) atoms. The number of terminal acetylenes is 1. The summed E-state index contributed by atoms with van der Waals surface area (Å²) in [5, 5.41) is 0. The molecule has 0 saturated carbocycles. The summed E-state index contributed by atoms with van der Waals surface area (Å²) in [5.74, 6) is 2.63. The zero-order valence-electron chi connectivity index (χ0n) is 13.7. The number of hydrogen-bond acceptors (Lipinski definition) is 6. The lowest BCUT2D eigenvalue weighted by molar-refractivity contribution is -0.141. The van der Waals surface area contributed by atoms with Gasteiger partial charge < -0.3 is 9.47 Å². The molecule has 0 aromatic heterocycles. The van der Waals surface area contributed by atoms with Crippen molar-refractivity contribution in [3.63, 3.8) is 0 Å². The van der Waals surface area contributed by atoms with Crippen LogP contribution >= 0.6 is 24.0 Å². The molecule has 5 nitrogen and oxygen atoms in total. The normalized spacial score (nSPS) is 15.4. The number of ether oxygens (including phenoxy) is 2. The predicted octanol–water partition coefficient (Wildman–Crippen LogP) is 2.85. The fourth-order valence-corrected chi connectivity index (χ4v) is 3.42. The third-order valence-corrected chi connectivity index (χ3v) is 4.74. The second-order valence-electron chi connectivity index (χ2n) is 5.07. The molecule has 1 aliphatic rings. The van der Waals surface area contributed by atoms with E-state index in [-0.39, 0.29) is 24.9 Å². The van der Waals surface area contributed by atoms with E-state index in [4.69, 9.17) is 23.4 Å². The van der Waals surface area contributed by atoms with Gasteiger partial charge in [-0.15, -0.1) is 6.42 Å². The van der Waals surface area contributed by atoms with Gasteiger partial charge in [0.1, 0.15) is 16.7 Å². The van der Waals surface area contributed by atoms with E-state index in [1.165, 1.54) is 23.8 Å². The Balaban J connectivity index is 1.99. The number of esters is 1. The Bertz CT molecular complexity index is 734. The van der Waals surface area contributed by atoms with E-state index in [9.17, 15) is 9.59 Å². The lowest BCUT2D eigenvalue weighted by Gasteiger charge is -2.13. The van der Waals surface area contributed by atoms with E-state index in [0.717, 1.165) is 5.56 Å². The zero-order chi connectivity index (χ0) is 18.2. The second-order valence-corrected chi connectivity index (χ2v) is 6.75. The topological polar surface area (TPSA) is 55.8 Å². The van der Waals surface area contributed by atoms with Crippen molar-refractivity contribution in [1.29, 1.82) is 0 Å². The minimum absolute atomic E-state index is 0.146. The average Bonchev–Trinajstić information content (AvgIpc) is 2.88. The van der Waals surface area contributed by atoms with Gasteiger partial charge in [-0.3, -0.25) is 14.5 Å². The minimum atomic E-state index is -0.298. The molecule has 1 amide bonds. The van der Waals surface area contributed by atoms with Crippen LogP contribution in [0.2, 0.25) is 0 Å². The monoisotopic (exact) mass is 375 g/mol. The van der Waals surface area contributed by atoms with Crippen molar-refractivity contribution < 1.29 is 19.1 Å². The molecular weight excluding hydrogens is 358 g/mol. The highest BCUT2D eigenvalue weighted by Gasteiger charge is 2.31. The maximum absolute atomic E-state index is 12.5. The minimum Gasteiger partial charge on any atom is -0.481 e. The fourth-order valence-electron chi connectivity index (χ4n) is 2.11. The van der Waals surface area contributed by atoms with Gasteiger partial charge in [0.15, 0.2) is 0 Å². The molecule has 1 aliphatic heterocycles. The van der Waals surface area contributed by atoms with Crippen LogP contribution in [0, 0.1) is 12.3 Å². The summed E-state index contributed by atoms with van der Waals surface area (Å²) < 4.78 is 10.4. The highest BCUT2D eigenvalue weighted by Crippen LogP contribution is 2.32. The molecule has 1 saturated heterocycles. The molecule has 1 fully saturated rings. The molecule has 1 aromatic carbocycles. The number of benzene rings is 1. The zero-order valence-corrected chi connectivity index (χ0v) is 15.3. The molecule has 1 aromatic rings. The summed E-state index contributed by atoms with van der Waals surface area (Å²) >= 11 is 6.51. The SMILES string of the molecule is C#CCOc1ccc(/C=C2/SC(=S)N(CCCC(=O)OC)C2=O)cc1. The number of nitrogens with zero attached hydrogens (tertiary/aromatic N) is 1. The molecule has 0 N–H and O–H groups in total. The summed E-state index contributed by atoms with van der Waals surface area (Å²) in [6.45, 7) is 0.611. The molecule has 0 atom stereocenters. The molecular formula is C18H17NO4S2. The van der Waals surface area contributed by atoms with Crippen molar-refractivity contribution in [3.8, 4) is 18.1 Å². The van der Waals surface area contributed by atoms with Crippen LogP contribution in [-0.4, -0.2) is 41.4 Å². The predicted molar refractivity (Wildman–Crippen MR) is 102 cm³/mol. The summed E-state index contributed by atoms with van der Waals surface area (Å²) in [5.41, 5.74) is 0.864. The number of methoxy groups -OCH3 is 1. The Morgan fingerprint density at radius 1 is 1.40 bits per heavy atom. The molecule has 0 unspecified atom stereocenters. The van der Waals surface area contributed by atoms with E-state index < -0.39 is 0 Å². The van der Waals surface area contributed by atoms with Gasteiger partial charge >= 0.3 is 5.97 Å². The van der Waals surface area contributed by atoms with Gasteiger partial charge in [0.2, 0.25) is 0 Å². The highest BCUT2D eigenvalue weighted by molar-refractivity contribution is 8.26. The standard InChI is InChI=1S/C18H17NO4S2/c1-3-11-23-14-8-6-13(7-9-14)12-15-17(21)19(18(24)25-15)10-4-5-16(20)22-2/h1,6-9,12H,4-5,10-11H2,2H3/b15-12+. The van der Waals surface area contributed by atoms with Crippen LogP contribution in [0.4, 0.5) is 0 Å². The highest BCUT2D eigenvalue weighted by atomic mass is 32.2. The number of carbonyl (C=O) groups excluding carboxylic acids is 2. The van der Waals surface area contributed by atoms with Crippen molar-refractivity contribution in [2.75, 3.05) is 20.3 Å². The summed E-state index contributed by atoms with van der Waals surface area (Å²) in [6, 6.07) is 7.27.